The first-order chi connectivity index (χ1) is 11.6. The second kappa shape index (κ2) is 6.10. The Labute approximate surface area is 149 Å². The van der Waals surface area contributed by atoms with Crippen LogP contribution in [0.25, 0.3) is 10.9 Å². The first-order valence-corrected chi connectivity index (χ1v) is 9.06. The Kier molecular flexibility index (Phi) is 3.93. The van der Waals surface area contributed by atoms with Gasteiger partial charge in [0.05, 0.1) is 0 Å². The summed E-state index contributed by atoms with van der Waals surface area (Å²) < 4.78 is 1.09. The fourth-order valence-electron chi connectivity index (χ4n) is 3.60. The largest absolute Gasteiger partial charge is 0.358 e. The molecule has 4 heteroatoms. The van der Waals surface area contributed by atoms with Crippen LogP contribution >= 0.6 is 15.9 Å². The van der Waals surface area contributed by atoms with E-state index in [1.54, 1.807) is 0 Å². The molecule has 0 saturated carbocycles. The average Bonchev–Trinajstić information content (AvgIpc) is 2.92. The van der Waals surface area contributed by atoms with E-state index in [9.17, 15) is 4.79 Å². The Morgan fingerprint density at radius 1 is 1.25 bits per heavy atom. The normalized spacial score (nSPS) is 16.8. The number of benzene rings is 2. The molecule has 122 valence electrons. The lowest BCUT2D eigenvalue weighted by atomic mass is 9.91. The number of halogens is 1. The molecule has 2 N–H and O–H groups in total. The number of carbonyl (C=O) groups is 1. The predicted molar refractivity (Wildman–Crippen MR) is 100 cm³/mol. The van der Waals surface area contributed by atoms with Crippen LogP contribution in [0.2, 0.25) is 0 Å². The van der Waals surface area contributed by atoms with Crippen molar-refractivity contribution >= 4 is 32.7 Å². The average molecular weight is 383 g/mol. The van der Waals surface area contributed by atoms with Crippen molar-refractivity contribution < 1.29 is 4.79 Å². The molecule has 1 amide bonds. The molecule has 0 radical (unpaired) electrons. The molecule has 3 nitrogen and oxygen atoms in total. The number of aromatic amines is 1. The highest BCUT2D eigenvalue weighted by molar-refractivity contribution is 9.10. The zero-order valence-electron chi connectivity index (χ0n) is 13.5. The van der Waals surface area contributed by atoms with Gasteiger partial charge in [-0.15, -0.1) is 0 Å². The van der Waals surface area contributed by atoms with Crippen molar-refractivity contribution in [1.29, 1.82) is 0 Å². The maximum Gasteiger partial charge on any atom is 0.251 e. The van der Waals surface area contributed by atoms with E-state index in [0.29, 0.717) is 0 Å². The van der Waals surface area contributed by atoms with Crippen LogP contribution in [0.3, 0.4) is 0 Å². The minimum absolute atomic E-state index is 0.0302. The smallest absolute Gasteiger partial charge is 0.251 e. The summed E-state index contributed by atoms with van der Waals surface area (Å²) >= 11 is 3.56. The molecule has 3 aromatic rings. The number of hydrogen-bond acceptors (Lipinski definition) is 1. The molecule has 0 spiro atoms. The van der Waals surface area contributed by atoms with E-state index < -0.39 is 0 Å². The van der Waals surface area contributed by atoms with E-state index in [1.807, 2.05) is 31.2 Å². The van der Waals surface area contributed by atoms with E-state index in [1.165, 1.54) is 22.2 Å². The molecule has 1 aromatic heterocycles. The van der Waals surface area contributed by atoms with E-state index in [0.717, 1.165) is 34.9 Å². The Morgan fingerprint density at radius 3 is 2.92 bits per heavy atom. The van der Waals surface area contributed by atoms with Crippen molar-refractivity contribution in [3.63, 3.8) is 0 Å². The second-order valence-electron chi connectivity index (χ2n) is 6.50. The first-order valence-electron chi connectivity index (χ1n) is 8.27. The lowest BCUT2D eigenvalue weighted by Crippen LogP contribution is -2.39. The second-order valence-corrected chi connectivity index (χ2v) is 7.42. The van der Waals surface area contributed by atoms with E-state index in [4.69, 9.17) is 0 Å². The molecular weight excluding hydrogens is 364 g/mol. The zero-order chi connectivity index (χ0) is 16.7. The number of fused-ring (bicyclic) bond motifs is 3. The topological polar surface area (TPSA) is 44.9 Å². The quantitative estimate of drug-likeness (QED) is 0.671. The number of amides is 1. The third-order valence-corrected chi connectivity index (χ3v) is 5.37. The SMILES string of the molecule is Cc1ccccc1C(=O)N[C@@H]1CCc2[nH]c3ccc(Br)cc3c2C1. The molecule has 0 unspecified atom stereocenters. The van der Waals surface area contributed by atoms with Crippen LogP contribution in [0.15, 0.2) is 46.9 Å². The summed E-state index contributed by atoms with van der Waals surface area (Å²) in [6.07, 6.45) is 2.82. The van der Waals surface area contributed by atoms with Gasteiger partial charge in [0.25, 0.3) is 5.91 Å². The van der Waals surface area contributed by atoms with Crippen LogP contribution in [0.1, 0.15) is 33.6 Å². The predicted octanol–water partition coefficient (Wildman–Crippen LogP) is 4.53. The summed E-state index contributed by atoms with van der Waals surface area (Å²) in [5, 5.41) is 4.48. The molecular formula is C20H19BrN2O. The van der Waals surface area contributed by atoms with Crippen molar-refractivity contribution in [2.24, 2.45) is 0 Å². The van der Waals surface area contributed by atoms with Gasteiger partial charge in [0.1, 0.15) is 0 Å². The fraction of sp³-hybridized carbons (Fsp3) is 0.250. The summed E-state index contributed by atoms with van der Waals surface area (Å²) in [4.78, 5) is 16.1. The van der Waals surface area contributed by atoms with Gasteiger partial charge in [-0.1, -0.05) is 34.1 Å². The Morgan fingerprint density at radius 2 is 2.08 bits per heavy atom. The zero-order valence-corrected chi connectivity index (χ0v) is 15.1. The van der Waals surface area contributed by atoms with Crippen molar-refractivity contribution in [1.82, 2.24) is 10.3 Å². The molecule has 1 aliphatic carbocycles. The molecule has 1 heterocycles. The molecule has 0 fully saturated rings. The van der Waals surface area contributed by atoms with E-state index >= 15 is 0 Å². The minimum atomic E-state index is 0.0302. The lowest BCUT2D eigenvalue weighted by molar-refractivity contribution is 0.0933. The summed E-state index contributed by atoms with van der Waals surface area (Å²) in [5.74, 6) is 0.0302. The minimum Gasteiger partial charge on any atom is -0.358 e. The lowest BCUT2D eigenvalue weighted by Gasteiger charge is -2.24. The van der Waals surface area contributed by atoms with Gasteiger partial charge in [-0.05, 0) is 61.6 Å². The van der Waals surface area contributed by atoms with Gasteiger partial charge in [-0.2, -0.15) is 0 Å². The molecule has 0 bridgehead atoms. The fourth-order valence-corrected chi connectivity index (χ4v) is 3.96. The number of rotatable bonds is 2. The van der Waals surface area contributed by atoms with Gasteiger partial charge < -0.3 is 10.3 Å². The van der Waals surface area contributed by atoms with Crippen LogP contribution in [-0.4, -0.2) is 16.9 Å². The van der Waals surface area contributed by atoms with Crippen LogP contribution in [0.4, 0.5) is 0 Å². The van der Waals surface area contributed by atoms with Crippen LogP contribution in [-0.2, 0) is 12.8 Å². The molecule has 0 saturated heterocycles. The summed E-state index contributed by atoms with van der Waals surface area (Å²) in [7, 11) is 0. The monoisotopic (exact) mass is 382 g/mol. The standard InChI is InChI=1S/C20H19BrN2O/c1-12-4-2-3-5-15(12)20(24)22-14-7-9-19-17(11-14)16-10-13(21)6-8-18(16)23-19/h2-6,8,10,14,23H,7,9,11H2,1H3,(H,22,24)/t14-/m1/s1. The van der Waals surface area contributed by atoms with Crippen LogP contribution in [0, 0.1) is 6.92 Å². The van der Waals surface area contributed by atoms with Gasteiger partial charge in [0.15, 0.2) is 0 Å². The van der Waals surface area contributed by atoms with Gasteiger partial charge in [-0.25, -0.2) is 0 Å². The highest BCUT2D eigenvalue weighted by Crippen LogP contribution is 2.31. The summed E-state index contributed by atoms with van der Waals surface area (Å²) in [6.45, 7) is 1.98. The molecule has 2 aromatic carbocycles. The highest BCUT2D eigenvalue weighted by atomic mass is 79.9. The number of hydrogen-bond donors (Lipinski definition) is 2. The van der Waals surface area contributed by atoms with Crippen LogP contribution in [0.5, 0.6) is 0 Å². The van der Waals surface area contributed by atoms with Crippen molar-refractivity contribution in [2.45, 2.75) is 32.2 Å². The van der Waals surface area contributed by atoms with Crippen molar-refractivity contribution in [3.05, 3.63) is 69.3 Å². The van der Waals surface area contributed by atoms with Crippen molar-refractivity contribution in [2.75, 3.05) is 0 Å². The van der Waals surface area contributed by atoms with Crippen molar-refractivity contribution in [3.8, 4) is 0 Å². The molecule has 24 heavy (non-hydrogen) atoms. The third-order valence-electron chi connectivity index (χ3n) is 4.87. The number of nitrogens with one attached hydrogen (secondary N) is 2. The number of aromatic nitrogens is 1. The highest BCUT2D eigenvalue weighted by Gasteiger charge is 2.24. The van der Waals surface area contributed by atoms with Crippen LogP contribution < -0.4 is 5.32 Å². The van der Waals surface area contributed by atoms with Gasteiger partial charge in [-0.3, -0.25) is 4.79 Å². The maximum atomic E-state index is 12.6. The summed E-state index contributed by atoms with van der Waals surface area (Å²) in [5.41, 5.74) is 5.61. The Hall–Kier alpha value is -2.07. The van der Waals surface area contributed by atoms with Gasteiger partial charge >= 0.3 is 0 Å². The third kappa shape index (κ3) is 2.75. The Balaban J connectivity index is 1.58. The molecule has 1 aliphatic rings. The summed E-state index contributed by atoms with van der Waals surface area (Å²) in [6, 6.07) is 14.3. The Bertz CT molecular complexity index is 929. The molecule has 4 rings (SSSR count). The van der Waals surface area contributed by atoms with Gasteiger partial charge in [0.2, 0.25) is 0 Å². The number of aryl methyl sites for hydroxylation is 2. The molecule has 0 aliphatic heterocycles. The van der Waals surface area contributed by atoms with E-state index in [2.05, 4.69) is 44.4 Å². The first kappa shape index (κ1) is 15.5. The maximum absolute atomic E-state index is 12.6. The number of carbonyl (C=O) groups excluding carboxylic acids is 1. The van der Waals surface area contributed by atoms with Gasteiger partial charge in [0, 0.05) is 32.7 Å². The van der Waals surface area contributed by atoms with E-state index in [-0.39, 0.29) is 11.9 Å². The molecule has 1 atom stereocenters. The number of H-pyrrole nitrogens is 1.